The summed E-state index contributed by atoms with van der Waals surface area (Å²) in [5.74, 6) is 1.21. The molecule has 25 heavy (non-hydrogen) atoms. The molecule has 9 heteroatoms. The zero-order chi connectivity index (χ0) is 17.4. The van der Waals surface area contributed by atoms with E-state index in [1.165, 1.54) is 6.33 Å². The molecular formula is C16H18ClN7O. The minimum Gasteiger partial charge on any atom is -0.421 e. The molecule has 8 nitrogen and oxygen atoms in total. The van der Waals surface area contributed by atoms with Crippen LogP contribution in [0.2, 0.25) is 5.02 Å². The van der Waals surface area contributed by atoms with Gasteiger partial charge in [0.25, 0.3) is 0 Å². The third-order valence-corrected chi connectivity index (χ3v) is 4.66. The Kier molecular flexibility index (Phi) is 4.14. The highest BCUT2D eigenvalue weighted by Crippen LogP contribution is 2.36. The number of anilines is 1. The van der Waals surface area contributed by atoms with Gasteiger partial charge in [-0.05, 0) is 12.8 Å². The summed E-state index contributed by atoms with van der Waals surface area (Å²) in [5.41, 5.74) is 7.64. The van der Waals surface area contributed by atoms with Crippen LogP contribution in [0.3, 0.4) is 0 Å². The van der Waals surface area contributed by atoms with Gasteiger partial charge in [-0.2, -0.15) is 9.97 Å². The molecule has 3 aromatic heterocycles. The summed E-state index contributed by atoms with van der Waals surface area (Å²) in [6.45, 7) is 3.58. The monoisotopic (exact) mass is 359 g/mol. The molecule has 0 spiro atoms. The Morgan fingerprint density at radius 3 is 2.84 bits per heavy atom. The highest BCUT2D eigenvalue weighted by Gasteiger charge is 2.26. The van der Waals surface area contributed by atoms with Gasteiger partial charge in [0, 0.05) is 24.8 Å². The van der Waals surface area contributed by atoms with Gasteiger partial charge in [0.1, 0.15) is 17.8 Å². The van der Waals surface area contributed by atoms with E-state index in [2.05, 4.69) is 29.8 Å². The minimum absolute atomic E-state index is 0.125. The third kappa shape index (κ3) is 2.98. The van der Waals surface area contributed by atoms with Crippen LogP contribution in [0.15, 0.2) is 18.7 Å². The maximum atomic E-state index is 6.56. The average Bonchev–Trinajstić information content (AvgIpc) is 3.19. The number of aryl methyl sites for hydroxylation is 1. The van der Waals surface area contributed by atoms with Crippen LogP contribution in [0, 0.1) is 0 Å². The number of nitrogens with one attached hydrogen (secondary N) is 1. The van der Waals surface area contributed by atoms with Gasteiger partial charge in [-0.15, -0.1) is 0 Å². The second-order valence-electron chi connectivity index (χ2n) is 6.00. The second kappa shape index (κ2) is 6.45. The van der Waals surface area contributed by atoms with Gasteiger partial charge in [-0.1, -0.05) is 18.5 Å². The predicted molar refractivity (Wildman–Crippen MR) is 95.2 cm³/mol. The van der Waals surface area contributed by atoms with Crippen LogP contribution >= 0.6 is 11.6 Å². The average molecular weight is 360 g/mol. The van der Waals surface area contributed by atoms with E-state index in [-0.39, 0.29) is 12.1 Å². The van der Waals surface area contributed by atoms with Gasteiger partial charge in [0.15, 0.2) is 5.75 Å². The van der Waals surface area contributed by atoms with Crippen LogP contribution in [0.4, 0.5) is 5.82 Å². The first-order chi connectivity index (χ1) is 12.2. The maximum absolute atomic E-state index is 6.56. The topological polar surface area (TPSA) is 106 Å². The molecule has 0 radical (unpaired) electrons. The number of hydrogen-bond acceptors (Lipinski definition) is 7. The molecule has 4 rings (SSSR count). The number of rotatable bonds is 4. The van der Waals surface area contributed by atoms with Crippen molar-refractivity contribution in [1.82, 2.24) is 24.9 Å². The van der Waals surface area contributed by atoms with Crippen LogP contribution in [0.1, 0.15) is 19.0 Å². The minimum atomic E-state index is 0.125. The lowest BCUT2D eigenvalue weighted by Gasteiger charge is -2.18. The highest BCUT2D eigenvalue weighted by molar-refractivity contribution is 6.37. The predicted octanol–water partition coefficient (Wildman–Crippen LogP) is 2.29. The normalized spacial score (nSPS) is 17.4. The Morgan fingerprint density at radius 2 is 2.16 bits per heavy atom. The lowest BCUT2D eigenvalue weighted by molar-refractivity contribution is 0.439. The van der Waals surface area contributed by atoms with Crippen LogP contribution in [0.5, 0.6) is 11.8 Å². The van der Waals surface area contributed by atoms with E-state index in [1.807, 2.05) is 6.92 Å². The molecule has 0 saturated carbocycles. The van der Waals surface area contributed by atoms with Crippen molar-refractivity contribution in [3.8, 4) is 11.8 Å². The summed E-state index contributed by atoms with van der Waals surface area (Å²) in [7, 11) is 0. The first-order valence-corrected chi connectivity index (χ1v) is 8.55. The first-order valence-electron chi connectivity index (χ1n) is 8.17. The number of aromatic nitrogens is 5. The molecule has 3 N–H and O–H groups in total. The molecule has 3 aromatic rings. The number of halogens is 1. The van der Waals surface area contributed by atoms with Crippen molar-refractivity contribution in [2.45, 2.75) is 25.8 Å². The second-order valence-corrected chi connectivity index (χ2v) is 6.37. The third-order valence-electron chi connectivity index (χ3n) is 4.25. The molecular weight excluding hydrogens is 342 g/mol. The van der Waals surface area contributed by atoms with E-state index in [9.17, 15) is 0 Å². The Hall–Kier alpha value is -2.45. The largest absolute Gasteiger partial charge is 0.421 e. The summed E-state index contributed by atoms with van der Waals surface area (Å²) >= 11 is 6.56. The van der Waals surface area contributed by atoms with Gasteiger partial charge in [-0.25, -0.2) is 9.97 Å². The quantitative estimate of drug-likeness (QED) is 0.736. The van der Waals surface area contributed by atoms with Crippen LogP contribution in [0.25, 0.3) is 11.0 Å². The van der Waals surface area contributed by atoms with Crippen molar-refractivity contribution in [3.63, 3.8) is 0 Å². The van der Waals surface area contributed by atoms with Crippen molar-refractivity contribution < 1.29 is 4.74 Å². The van der Waals surface area contributed by atoms with Gasteiger partial charge in [0.2, 0.25) is 0 Å². The smallest absolute Gasteiger partial charge is 0.326 e. The molecule has 0 aromatic carbocycles. The summed E-state index contributed by atoms with van der Waals surface area (Å²) < 4.78 is 5.73. The number of hydrogen-bond donors (Lipinski definition) is 2. The zero-order valence-corrected chi connectivity index (χ0v) is 14.5. The number of H-pyrrole nitrogens is 1. The number of aromatic amines is 1. The summed E-state index contributed by atoms with van der Waals surface area (Å²) in [6.07, 6.45) is 6.25. The fourth-order valence-electron chi connectivity index (χ4n) is 3.01. The van der Waals surface area contributed by atoms with Crippen molar-refractivity contribution in [3.05, 3.63) is 29.4 Å². The van der Waals surface area contributed by atoms with Crippen LogP contribution in [-0.2, 0) is 6.42 Å². The molecule has 1 fully saturated rings. The number of ether oxygens (including phenoxy) is 1. The molecule has 1 atom stereocenters. The van der Waals surface area contributed by atoms with E-state index in [4.69, 9.17) is 22.1 Å². The van der Waals surface area contributed by atoms with Crippen molar-refractivity contribution in [2.75, 3.05) is 18.0 Å². The lowest BCUT2D eigenvalue weighted by Crippen LogP contribution is -2.27. The van der Waals surface area contributed by atoms with E-state index in [1.54, 1.807) is 12.4 Å². The van der Waals surface area contributed by atoms with Crippen LogP contribution < -0.4 is 15.4 Å². The number of fused-ring (bicyclic) bond motifs is 1. The van der Waals surface area contributed by atoms with E-state index in [0.29, 0.717) is 16.4 Å². The Bertz CT molecular complexity index is 898. The molecule has 1 saturated heterocycles. The van der Waals surface area contributed by atoms with Crippen LogP contribution in [-0.4, -0.2) is 44.1 Å². The van der Waals surface area contributed by atoms with Gasteiger partial charge >= 0.3 is 6.01 Å². The fraction of sp³-hybridized carbons (Fsp3) is 0.375. The molecule has 130 valence electrons. The lowest BCUT2D eigenvalue weighted by atomic mass is 10.3. The molecule has 4 heterocycles. The summed E-state index contributed by atoms with van der Waals surface area (Å²) in [4.78, 5) is 22.3. The molecule has 0 amide bonds. The maximum Gasteiger partial charge on any atom is 0.326 e. The fourth-order valence-corrected chi connectivity index (χ4v) is 3.37. The molecule has 0 aliphatic carbocycles. The van der Waals surface area contributed by atoms with Gasteiger partial charge in [0.05, 0.1) is 22.8 Å². The van der Waals surface area contributed by atoms with E-state index in [0.717, 1.165) is 42.8 Å². The Morgan fingerprint density at radius 1 is 1.36 bits per heavy atom. The van der Waals surface area contributed by atoms with Crippen molar-refractivity contribution in [2.24, 2.45) is 5.73 Å². The summed E-state index contributed by atoms with van der Waals surface area (Å²) in [6, 6.07) is 0.346. The standard InChI is InChI=1S/C16H18ClN7O/c1-2-11-13(17)12-14(21-11)22-16(25-10-5-19-8-20-6-10)23-15(12)24-4-3-9(18)7-24/h5-6,8-9H,2-4,7,18H2,1H3,(H,21,22,23). The SMILES string of the molecule is CCc1[nH]c2nc(Oc3cncnc3)nc(N3CCC(N)C3)c2c1Cl. The zero-order valence-electron chi connectivity index (χ0n) is 13.7. The molecule has 0 bridgehead atoms. The van der Waals surface area contributed by atoms with E-state index < -0.39 is 0 Å². The number of nitrogens with zero attached hydrogens (tertiary/aromatic N) is 5. The Balaban J connectivity index is 1.82. The van der Waals surface area contributed by atoms with Gasteiger partial charge < -0.3 is 20.4 Å². The first kappa shape index (κ1) is 16.0. The molecule has 1 aliphatic rings. The highest BCUT2D eigenvalue weighted by atomic mass is 35.5. The Labute approximate surface area is 149 Å². The number of nitrogens with two attached hydrogens (primary N) is 1. The van der Waals surface area contributed by atoms with Crippen molar-refractivity contribution in [1.29, 1.82) is 0 Å². The molecule has 1 aliphatic heterocycles. The van der Waals surface area contributed by atoms with E-state index >= 15 is 0 Å². The van der Waals surface area contributed by atoms with Crippen molar-refractivity contribution >= 4 is 28.5 Å². The summed E-state index contributed by atoms with van der Waals surface area (Å²) in [5, 5.41) is 1.46. The van der Waals surface area contributed by atoms with Gasteiger partial charge in [-0.3, -0.25) is 0 Å². The molecule has 1 unspecified atom stereocenters.